The number of carbonyl (C=O) groups excluding carboxylic acids is 1. The van der Waals surface area contributed by atoms with E-state index in [0.717, 1.165) is 30.4 Å². The lowest BCUT2D eigenvalue weighted by Crippen LogP contribution is -2.42. The minimum absolute atomic E-state index is 0.328. The van der Waals surface area contributed by atoms with Crippen molar-refractivity contribution in [1.29, 1.82) is 0 Å². The summed E-state index contributed by atoms with van der Waals surface area (Å²) in [5, 5.41) is 10.1. The van der Waals surface area contributed by atoms with Gasteiger partial charge in [0.2, 0.25) is 0 Å². The molecule has 2 aromatic rings. The van der Waals surface area contributed by atoms with Crippen molar-refractivity contribution in [1.82, 2.24) is 14.3 Å². The lowest BCUT2D eigenvalue weighted by molar-refractivity contribution is -0.00771. The number of ether oxygens (including phenoxy) is 1. The van der Waals surface area contributed by atoms with Crippen LogP contribution in [0.4, 0.5) is 0 Å². The van der Waals surface area contributed by atoms with Gasteiger partial charge in [-0.25, -0.2) is 9.78 Å². The number of hydrogen-bond acceptors (Lipinski definition) is 5. The highest BCUT2D eigenvalue weighted by Gasteiger charge is 2.29. The first-order chi connectivity index (χ1) is 11.4. The summed E-state index contributed by atoms with van der Waals surface area (Å²) >= 11 is 3.44. The standard InChI is InChI=1S/C17H22BrN3O3/c1-3-24-16(22)15-13(11-20-8-5-17(2,23)6-9-20)19-14-10-12(18)4-7-21(14)15/h4,7,10,23H,3,5-6,8-9,11H2,1-2H3. The highest BCUT2D eigenvalue weighted by Crippen LogP contribution is 2.24. The van der Waals surface area contributed by atoms with Gasteiger partial charge in [0.15, 0.2) is 5.69 Å². The van der Waals surface area contributed by atoms with E-state index in [2.05, 4.69) is 25.8 Å². The van der Waals surface area contributed by atoms with Crippen molar-refractivity contribution in [3.8, 4) is 0 Å². The Morgan fingerprint density at radius 3 is 2.83 bits per heavy atom. The maximum atomic E-state index is 12.4. The molecule has 7 heteroatoms. The Balaban J connectivity index is 1.91. The first-order valence-corrected chi connectivity index (χ1v) is 8.97. The van der Waals surface area contributed by atoms with Gasteiger partial charge in [-0.15, -0.1) is 0 Å². The monoisotopic (exact) mass is 395 g/mol. The third-order valence-electron chi connectivity index (χ3n) is 4.44. The molecule has 0 spiro atoms. The van der Waals surface area contributed by atoms with Crippen LogP contribution in [0.25, 0.3) is 5.65 Å². The van der Waals surface area contributed by atoms with E-state index in [0.29, 0.717) is 30.2 Å². The van der Waals surface area contributed by atoms with Gasteiger partial charge < -0.3 is 9.84 Å². The fourth-order valence-corrected chi connectivity index (χ4v) is 3.32. The Hall–Kier alpha value is -1.44. The van der Waals surface area contributed by atoms with Crippen LogP contribution in [0.1, 0.15) is 42.9 Å². The van der Waals surface area contributed by atoms with Crippen LogP contribution in [0.15, 0.2) is 22.8 Å². The maximum Gasteiger partial charge on any atom is 0.357 e. The Bertz CT molecular complexity index is 747. The van der Waals surface area contributed by atoms with Crippen molar-refractivity contribution in [2.45, 2.75) is 38.8 Å². The predicted octanol–water partition coefficient (Wildman–Crippen LogP) is 2.62. The van der Waals surface area contributed by atoms with E-state index in [9.17, 15) is 9.90 Å². The van der Waals surface area contributed by atoms with Gasteiger partial charge >= 0.3 is 5.97 Å². The molecule has 0 unspecified atom stereocenters. The van der Waals surface area contributed by atoms with Crippen molar-refractivity contribution < 1.29 is 14.6 Å². The first-order valence-electron chi connectivity index (χ1n) is 8.18. The molecule has 2 aromatic heterocycles. The zero-order chi connectivity index (χ0) is 17.3. The van der Waals surface area contributed by atoms with Crippen LogP contribution in [-0.4, -0.2) is 50.7 Å². The summed E-state index contributed by atoms with van der Waals surface area (Å²) in [5.41, 5.74) is 1.32. The third-order valence-corrected chi connectivity index (χ3v) is 4.93. The lowest BCUT2D eigenvalue weighted by atomic mass is 9.94. The van der Waals surface area contributed by atoms with Gasteiger partial charge in [0.05, 0.1) is 17.9 Å². The second-order valence-corrected chi connectivity index (χ2v) is 7.39. The number of rotatable bonds is 4. The van der Waals surface area contributed by atoms with Crippen molar-refractivity contribution in [3.63, 3.8) is 0 Å². The Morgan fingerprint density at radius 2 is 2.17 bits per heavy atom. The number of halogens is 1. The zero-order valence-electron chi connectivity index (χ0n) is 14.0. The summed E-state index contributed by atoms with van der Waals surface area (Å²) in [4.78, 5) is 19.3. The summed E-state index contributed by atoms with van der Waals surface area (Å²) in [6.07, 6.45) is 3.27. The molecule has 0 saturated carbocycles. The molecule has 0 radical (unpaired) electrons. The summed E-state index contributed by atoms with van der Waals surface area (Å²) in [6, 6.07) is 3.76. The molecule has 24 heavy (non-hydrogen) atoms. The van der Waals surface area contributed by atoms with Gasteiger partial charge in [0.25, 0.3) is 0 Å². The molecule has 1 aliphatic heterocycles. The number of aromatic nitrogens is 2. The number of aliphatic hydroxyl groups is 1. The highest BCUT2D eigenvalue weighted by atomic mass is 79.9. The van der Waals surface area contributed by atoms with Crippen LogP contribution in [0.3, 0.4) is 0 Å². The average Bonchev–Trinajstić information content (AvgIpc) is 2.86. The maximum absolute atomic E-state index is 12.4. The normalized spacial score (nSPS) is 18.0. The van der Waals surface area contributed by atoms with Gasteiger partial charge in [-0.1, -0.05) is 15.9 Å². The molecular formula is C17H22BrN3O3. The van der Waals surface area contributed by atoms with Crippen molar-refractivity contribution in [2.24, 2.45) is 0 Å². The van der Waals surface area contributed by atoms with Gasteiger partial charge in [-0.2, -0.15) is 0 Å². The van der Waals surface area contributed by atoms with E-state index < -0.39 is 5.60 Å². The summed E-state index contributed by atoms with van der Waals surface area (Å²) < 4.78 is 7.91. The Morgan fingerprint density at radius 1 is 1.46 bits per heavy atom. The number of likely N-dealkylation sites (tertiary alicyclic amines) is 1. The molecular weight excluding hydrogens is 374 g/mol. The molecule has 130 valence electrons. The summed E-state index contributed by atoms with van der Waals surface area (Å²) in [6.45, 7) is 6.14. The molecule has 0 aliphatic carbocycles. The fourth-order valence-electron chi connectivity index (χ4n) is 3.00. The molecule has 0 amide bonds. The van der Waals surface area contributed by atoms with E-state index in [1.165, 1.54) is 0 Å². The first kappa shape index (κ1) is 17.4. The Labute approximate surface area is 149 Å². The number of fused-ring (bicyclic) bond motifs is 1. The third kappa shape index (κ3) is 3.63. The van der Waals surface area contributed by atoms with Crippen LogP contribution in [0.5, 0.6) is 0 Å². The van der Waals surface area contributed by atoms with E-state index in [1.807, 2.05) is 25.3 Å². The molecule has 0 atom stereocenters. The van der Waals surface area contributed by atoms with E-state index in [1.54, 1.807) is 11.3 Å². The van der Waals surface area contributed by atoms with E-state index >= 15 is 0 Å². The summed E-state index contributed by atoms with van der Waals surface area (Å²) in [5.74, 6) is -0.355. The molecule has 1 fully saturated rings. The van der Waals surface area contributed by atoms with Crippen molar-refractivity contribution in [2.75, 3.05) is 19.7 Å². The van der Waals surface area contributed by atoms with Gasteiger partial charge in [0, 0.05) is 30.3 Å². The predicted molar refractivity (Wildman–Crippen MR) is 94.0 cm³/mol. The van der Waals surface area contributed by atoms with Crippen LogP contribution >= 0.6 is 15.9 Å². The number of nitrogens with zero attached hydrogens (tertiary/aromatic N) is 3. The Kier molecular flexibility index (Phi) is 4.94. The van der Waals surface area contributed by atoms with Crippen LogP contribution < -0.4 is 0 Å². The molecule has 1 aliphatic rings. The second-order valence-electron chi connectivity index (χ2n) is 6.47. The van der Waals surface area contributed by atoms with Gasteiger partial charge in [0.1, 0.15) is 5.65 Å². The minimum atomic E-state index is -0.593. The number of imidazole rings is 1. The largest absolute Gasteiger partial charge is 0.461 e. The molecule has 1 saturated heterocycles. The quantitative estimate of drug-likeness (QED) is 0.805. The van der Waals surface area contributed by atoms with Crippen LogP contribution in [-0.2, 0) is 11.3 Å². The highest BCUT2D eigenvalue weighted by molar-refractivity contribution is 9.10. The average molecular weight is 396 g/mol. The number of esters is 1. The van der Waals surface area contributed by atoms with E-state index in [-0.39, 0.29) is 5.97 Å². The van der Waals surface area contributed by atoms with Crippen molar-refractivity contribution in [3.05, 3.63) is 34.2 Å². The number of piperidine rings is 1. The second kappa shape index (κ2) is 6.82. The van der Waals surface area contributed by atoms with Crippen LogP contribution in [0, 0.1) is 0 Å². The number of pyridine rings is 1. The minimum Gasteiger partial charge on any atom is -0.461 e. The molecule has 1 N–H and O–H groups in total. The lowest BCUT2D eigenvalue weighted by Gasteiger charge is -2.35. The SMILES string of the molecule is CCOC(=O)c1c(CN2CCC(C)(O)CC2)nc2cc(Br)ccn12. The van der Waals surface area contributed by atoms with Crippen molar-refractivity contribution >= 4 is 27.5 Å². The topological polar surface area (TPSA) is 67.1 Å². The molecule has 0 aromatic carbocycles. The number of carbonyl (C=O) groups is 1. The molecule has 6 nitrogen and oxygen atoms in total. The smallest absolute Gasteiger partial charge is 0.357 e. The van der Waals surface area contributed by atoms with E-state index in [4.69, 9.17) is 4.74 Å². The van der Waals surface area contributed by atoms with Gasteiger partial charge in [-0.05, 0) is 38.8 Å². The fraction of sp³-hybridized carbons (Fsp3) is 0.529. The number of hydrogen-bond donors (Lipinski definition) is 1. The van der Waals surface area contributed by atoms with Crippen LogP contribution in [0.2, 0.25) is 0 Å². The molecule has 3 rings (SSSR count). The zero-order valence-corrected chi connectivity index (χ0v) is 15.5. The summed E-state index contributed by atoms with van der Waals surface area (Å²) in [7, 11) is 0. The van der Waals surface area contributed by atoms with Gasteiger partial charge in [-0.3, -0.25) is 9.30 Å². The molecule has 3 heterocycles. The molecule has 0 bridgehead atoms.